The van der Waals surface area contributed by atoms with Gasteiger partial charge in [0.1, 0.15) is 0 Å². The topological polar surface area (TPSA) is 51.1 Å². The molecule has 0 N–H and O–H groups in total. The van der Waals surface area contributed by atoms with Crippen LogP contribution in [-0.2, 0) is 6.18 Å². The van der Waals surface area contributed by atoms with Crippen molar-refractivity contribution in [3.8, 4) is 11.5 Å². The van der Waals surface area contributed by atoms with Gasteiger partial charge in [-0.2, -0.15) is 13.2 Å². The Morgan fingerprint density at radius 1 is 1.19 bits per heavy atom. The molecule has 2 aromatic rings. The first kappa shape index (κ1) is 22.4. The van der Waals surface area contributed by atoms with Crippen LogP contribution in [-0.4, -0.2) is 42.1 Å². The number of hydrogen-bond donors (Lipinski definition) is 0. The minimum atomic E-state index is -4.39. The number of nitrogens with zero attached hydrogens (tertiary/aromatic N) is 2. The Balaban J connectivity index is 1.62. The summed E-state index contributed by atoms with van der Waals surface area (Å²) < 4.78 is 49.7. The van der Waals surface area contributed by atoms with Crippen LogP contribution in [0.3, 0.4) is 0 Å². The molecule has 0 aliphatic carbocycles. The lowest BCUT2D eigenvalue weighted by Crippen LogP contribution is -2.32. The molecule has 1 unspecified atom stereocenters. The second-order valence-electron chi connectivity index (χ2n) is 7.40. The Kier molecular flexibility index (Phi) is 6.28. The maximum Gasteiger partial charge on any atom is 0.416 e. The number of aliphatic imine (C=N–C) groups is 1. The molecule has 1 amide bonds. The zero-order chi connectivity index (χ0) is 22.9. The minimum Gasteiger partial charge on any atom is -0.493 e. The average molecular weight is 509 g/mol. The van der Waals surface area contributed by atoms with Gasteiger partial charge in [-0.05, 0) is 35.8 Å². The summed E-state index contributed by atoms with van der Waals surface area (Å²) in [5.74, 6) is 0.696. The molecule has 0 fully saturated rings. The third-order valence-electron chi connectivity index (χ3n) is 5.33. The molecule has 4 rings (SSSR count). The van der Waals surface area contributed by atoms with E-state index in [2.05, 4.69) is 20.9 Å². The Morgan fingerprint density at radius 3 is 2.59 bits per heavy atom. The third-order valence-corrected chi connectivity index (χ3v) is 5.89. The molecule has 2 aliphatic rings. The average Bonchev–Trinajstić information content (AvgIpc) is 3.16. The van der Waals surface area contributed by atoms with Crippen molar-refractivity contribution >= 4 is 39.3 Å². The highest BCUT2D eigenvalue weighted by Crippen LogP contribution is 2.40. The van der Waals surface area contributed by atoms with Crippen LogP contribution < -0.4 is 9.47 Å². The Bertz CT molecular complexity index is 1080. The largest absolute Gasteiger partial charge is 0.493 e. The maximum absolute atomic E-state index is 13.3. The van der Waals surface area contributed by atoms with E-state index in [1.165, 1.54) is 19.2 Å². The third kappa shape index (κ3) is 4.39. The molecule has 0 saturated heterocycles. The quantitative estimate of drug-likeness (QED) is 0.363. The van der Waals surface area contributed by atoms with Crippen LogP contribution in [0.5, 0.6) is 11.5 Å². The number of fused-ring (bicyclic) bond motifs is 2. The van der Waals surface area contributed by atoms with E-state index in [1.54, 1.807) is 29.4 Å². The maximum atomic E-state index is 13.3. The van der Waals surface area contributed by atoms with Crippen LogP contribution >= 0.6 is 15.9 Å². The smallest absolute Gasteiger partial charge is 0.416 e. The van der Waals surface area contributed by atoms with Crippen molar-refractivity contribution in [1.82, 2.24) is 4.90 Å². The molecule has 9 heteroatoms. The molecule has 0 bridgehead atoms. The van der Waals surface area contributed by atoms with Crippen LogP contribution in [0.15, 0.2) is 47.6 Å². The molecular weight excluding hydrogens is 489 g/mol. The number of ether oxygens (including phenoxy) is 2. The van der Waals surface area contributed by atoms with E-state index in [4.69, 9.17) is 9.47 Å². The van der Waals surface area contributed by atoms with E-state index in [1.807, 2.05) is 0 Å². The van der Waals surface area contributed by atoms with Gasteiger partial charge in [0.2, 0.25) is 0 Å². The van der Waals surface area contributed by atoms with Crippen molar-refractivity contribution in [3.63, 3.8) is 0 Å². The standard InChI is InChI=1S/C23H20BrF3N2O3/c1-31-20-10-18-19(11-21(20)32-8-2-7-24)28-12-17-9-15(13-29(17)22(18)30)14-3-5-16(6-4-14)23(25,26)27/h3-6,10-13,17H,2,7-9H2,1H3. The summed E-state index contributed by atoms with van der Waals surface area (Å²) in [6.45, 7) is 0.492. The Hall–Kier alpha value is -2.81. The predicted molar refractivity (Wildman–Crippen MR) is 119 cm³/mol. The highest BCUT2D eigenvalue weighted by molar-refractivity contribution is 9.09. The number of amides is 1. The number of methoxy groups -OCH3 is 1. The summed E-state index contributed by atoms with van der Waals surface area (Å²) in [5, 5.41) is 0.807. The van der Waals surface area contributed by atoms with Crippen LogP contribution in [0.1, 0.15) is 34.3 Å². The SMILES string of the molecule is COc1cc2c(cc1OCCCBr)N=CC1CC(c3ccc(C(F)(F)F)cc3)=CN1C2=O. The zero-order valence-electron chi connectivity index (χ0n) is 17.2. The summed E-state index contributed by atoms with van der Waals surface area (Å²) in [5.41, 5.74) is 1.57. The lowest BCUT2D eigenvalue weighted by Gasteiger charge is -2.19. The monoisotopic (exact) mass is 508 g/mol. The second kappa shape index (κ2) is 8.97. The van der Waals surface area contributed by atoms with E-state index < -0.39 is 11.7 Å². The fourth-order valence-electron chi connectivity index (χ4n) is 3.68. The van der Waals surface area contributed by atoms with Gasteiger partial charge in [0.25, 0.3) is 5.91 Å². The van der Waals surface area contributed by atoms with E-state index in [0.29, 0.717) is 41.3 Å². The Labute approximate surface area is 191 Å². The molecule has 1 atom stereocenters. The van der Waals surface area contributed by atoms with Gasteiger partial charge in [-0.15, -0.1) is 0 Å². The second-order valence-corrected chi connectivity index (χ2v) is 8.20. The summed E-state index contributed by atoms with van der Waals surface area (Å²) in [4.78, 5) is 19.3. The number of carbonyl (C=O) groups excluding carboxylic acids is 1. The number of alkyl halides is 4. The van der Waals surface area contributed by atoms with Crippen molar-refractivity contribution < 1.29 is 27.4 Å². The first-order chi connectivity index (χ1) is 15.3. The van der Waals surface area contributed by atoms with Gasteiger partial charge in [-0.1, -0.05) is 28.1 Å². The molecule has 0 aromatic heterocycles. The summed E-state index contributed by atoms with van der Waals surface area (Å²) in [6.07, 6.45) is 0.256. The minimum absolute atomic E-state index is 0.255. The molecular formula is C23H20BrF3N2O3. The van der Waals surface area contributed by atoms with Gasteiger partial charge in [0.05, 0.1) is 36.6 Å². The first-order valence-corrected chi connectivity index (χ1v) is 11.1. The van der Waals surface area contributed by atoms with Gasteiger partial charge in [0.15, 0.2) is 11.5 Å². The van der Waals surface area contributed by atoms with Gasteiger partial charge < -0.3 is 14.4 Å². The molecule has 0 saturated carbocycles. The van der Waals surface area contributed by atoms with Gasteiger partial charge in [0, 0.05) is 30.2 Å². The van der Waals surface area contributed by atoms with Crippen molar-refractivity contribution in [1.29, 1.82) is 0 Å². The fourth-order valence-corrected chi connectivity index (χ4v) is 3.91. The van der Waals surface area contributed by atoms with Crippen LogP contribution in [0, 0.1) is 0 Å². The summed E-state index contributed by atoms with van der Waals surface area (Å²) >= 11 is 3.36. The lowest BCUT2D eigenvalue weighted by atomic mass is 10.0. The fraction of sp³-hybridized carbons (Fsp3) is 0.304. The number of halogens is 4. The molecule has 2 aliphatic heterocycles. The van der Waals surface area contributed by atoms with E-state index in [-0.39, 0.29) is 11.9 Å². The Morgan fingerprint density at radius 2 is 1.94 bits per heavy atom. The number of carbonyl (C=O) groups is 1. The molecule has 168 valence electrons. The molecule has 2 heterocycles. The van der Waals surface area contributed by atoms with Crippen molar-refractivity contribution in [2.45, 2.75) is 25.1 Å². The molecule has 0 spiro atoms. The van der Waals surface area contributed by atoms with E-state index in [0.717, 1.165) is 29.5 Å². The van der Waals surface area contributed by atoms with Crippen molar-refractivity contribution in [3.05, 3.63) is 59.3 Å². The van der Waals surface area contributed by atoms with Crippen LogP contribution in [0.25, 0.3) is 5.57 Å². The van der Waals surface area contributed by atoms with E-state index >= 15 is 0 Å². The number of rotatable bonds is 6. The number of hydrogen-bond acceptors (Lipinski definition) is 4. The molecule has 32 heavy (non-hydrogen) atoms. The normalized spacial score (nSPS) is 17.5. The van der Waals surface area contributed by atoms with Crippen molar-refractivity contribution in [2.75, 3.05) is 19.0 Å². The summed E-state index contributed by atoms with van der Waals surface area (Å²) in [7, 11) is 1.50. The van der Waals surface area contributed by atoms with Crippen molar-refractivity contribution in [2.24, 2.45) is 4.99 Å². The lowest BCUT2D eigenvalue weighted by molar-refractivity contribution is -0.137. The van der Waals surface area contributed by atoms with Gasteiger partial charge >= 0.3 is 6.18 Å². The predicted octanol–water partition coefficient (Wildman–Crippen LogP) is 5.85. The number of benzene rings is 2. The highest BCUT2D eigenvalue weighted by atomic mass is 79.9. The molecule has 0 radical (unpaired) electrons. The first-order valence-electron chi connectivity index (χ1n) is 9.98. The van der Waals surface area contributed by atoms with Crippen LogP contribution in [0.2, 0.25) is 0 Å². The van der Waals surface area contributed by atoms with E-state index in [9.17, 15) is 18.0 Å². The molecule has 2 aromatic carbocycles. The van der Waals surface area contributed by atoms with Gasteiger partial charge in [-0.3, -0.25) is 9.79 Å². The van der Waals surface area contributed by atoms with Gasteiger partial charge in [-0.25, -0.2) is 0 Å². The summed E-state index contributed by atoms with van der Waals surface area (Å²) in [6, 6.07) is 7.94. The molecule has 5 nitrogen and oxygen atoms in total. The van der Waals surface area contributed by atoms with Crippen LogP contribution in [0.4, 0.5) is 18.9 Å². The zero-order valence-corrected chi connectivity index (χ0v) is 18.7. The highest BCUT2D eigenvalue weighted by Gasteiger charge is 2.34.